The molecule has 0 saturated heterocycles. The van der Waals surface area contributed by atoms with Crippen LogP contribution in [0.25, 0.3) is 0 Å². The van der Waals surface area contributed by atoms with Crippen molar-refractivity contribution in [3.05, 3.63) is 52.6 Å². The number of carbonyl (C=O) groups is 2. The number of nitrogens with one attached hydrogen (secondary N) is 3. The molecule has 3 N–H and O–H groups in total. The van der Waals surface area contributed by atoms with Gasteiger partial charge < -0.3 is 10.6 Å². The van der Waals surface area contributed by atoms with Gasteiger partial charge in [-0.3, -0.25) is 9.59 Å². The van der Waals surface area contributed by atoms with Gasteiger partial charge in [0.2, 0.25) is 21.8 Å². The molecule has 148 valence electrons. The van der Waals surface area contributed by atoms with Crippen molar-refractivity contribution in [3.63, 3.8) is 0 Å². The normalized spacial score (nSPS) is 13.6. The highest BCUT2D eigenvalue weighted by molar-refractivity contribution is 7.89. The lowest BCUT2D eigenvalue weighted by Crippen LogP contribution is -2.33. The van der Waals surface area contributed by atoms with Gasteiger partial charge in [0.1, 0.15) is 0 Å². The van der Waals surface area contributed by atoms with Crippen molar-refractivity contribution >= 4 is 33.2 Å². The monoisotopic (exact) mass is 401 g/mol. The van der Waals surface area contributed by atoms with Crippen LogP contribution in [0.5, 0.6) is 0 Å². The minimum absolute atomic E-state index is 0.0675. The zero-order chi connectivity index (χ0) is 20.5. The second kappa shape index (κ2) is 7.73. The van der Waals surface area contributed by atoms with Crippen LogP contribution in [0.2, 0.25) is 0 Å². The van der Waals surface area contributed by atoms with Gasteiger partial charge in [-0.05, 0) is 62.1 Å². The molecule has 0 aliphatic carbocycles. The molecule has 0 spiro atoms. The van der Waals surface area contributed by atoms with Gasteiger partial charge in [-0.15, -0.1) is 0 Å². The maximum atomic E-state index is 12.5. The summed E-state index contributed by atoms with van der Waals surface area (Å²) in [4.78, 5) is 23.7. The highest BCUT2D eigenvalue weighted by atomic mass is 32.2. The Kier molecular flexibility index (Phi) is 5.53. The second-order valence-electron chi connectivity index (χ2n) is 7.01. The molecule has 0 bridgehead atoms. The number of benzene rings is 2. The molecule has 2 aromatic carbocycles. The van der Waals surface area contributed by atoms with E-state index in [1.807, 2.05) is 32.9 Å². The number of sulfonamides is 1. The van der Waals surface area contributed by atoms with Gasteiger partial charge >= 0.3 is 0 Å². The Hall–Kier alpha value is -2.71. The van der Waals surface area contributed by atoms with Gasteiger partial charge in [0.05, 0.1) is 11.4 Å². The van der Waals surface area contributed by atoms with Crippen LogP contribution in [0.4, 0.5) is 11.4 Å². The first-order valence-electron chi connectivity index (χ1n) is 8.96. The standard InChI is InChI=1S/C20H23N3O4S/c1-12-8-13(2)20(14(3)9-12)23-19(25)11-21-28(26,27)16-5-6-17-15(10-16)4-7-18(24)22-17/h5-6,8-10,21H,4,7,11H2,1-3H3,(H,22,24)(H,23,25). The fourth-order valence-electron chi connectivity index (χ4n) is 3.33. The van der Waals surface area contributed by atoms with E-state index in [9.17, 15) is 18.0 Å². The number of rotatable bonds is 5. The Morgan fingerprint density at radius 3 is 2.43 bits per heavy atom. The molecule has 0 unspecified atom stereocenters. The number of aryl methyl sites for hydroxylation is 4. The number of amides is 2. The topological polar surface area (TPSA) is 104 Å². The Bertz CT molecular complexity index is 1040. The van der Waals surface area contributed by atoms with E-state index in [2.05, 4.69) is 15.4 Å². The highest BCUT2D eigenvalue weighted by Crippen LogP contribution is 2.25. The fourth-order valence-corrected chi connectivity index (χ4v) is 4.36. The van der Waals surface area contributed by atoms with Crippen LogP contribution in [-0.2, 0) is 26.0 Å². The predicted molar refractivity (Wildman–Crippen MR) is 108 cm³/mol. The third kappa shape index (κ3) is 4.40. The van der Waals surface area contributed by atoms with E-state index in [0.717, 1.165) is 22.3 Å². The quantitative estimate of drug-likeness (QED) is 0.716. The summed E-state index contributed by atoms with van der Waals surface area (Å²) in [6.07, 6.45) is 0.804. The number of hydrogen-bond acceptors (Lipinski definition) is 4. The molecule has 28 heavy (non-hydrogen) atoms. The van der Waals surface area contributed by atoms with E-state index < -0.39 is 15.9 Å². The van der Waals surface area contributed by atoms with Crippen LogP contribution < -0.4 is 15.4 Å². The molecule has 0 fully saturated rings. The summed E-state index contributed by atoms with van der Waals surface area (Å²) in [5.41, 5.74) is 5.02. The third-order valence-electron chi connectivity index (χ3n) is 4.65. The summed E-state index contributed by atoms with van der Waals surface area (Å²) in [5, 5.41) is 5.48. The van der Waals surface area contributed by atoms with Gasteiger partial charge in [-0.25, -0.2) is 13.1 Å². The first-order valence-corrected chi connectivity index (χ1v) is 10.4. The lowest BCUT2D eigenvalue weighted by molar-refractivity contribution is -0.116. The first kappa shape index (κ1) is 20.0. The maximum Gasteiger partial charge on any atom is 0.241 e. The summed E-state index contributed by atoms with van der Waals surface area (Å²) in [6.45, 7) is 5.39. The van der Waals surface area contributed by atoms with Crippen LogP contribution in [0, 0.1) is 20.8 Å². The van der Waals surface area contributed by atoms with Crippen LogP contribution in [0.15, 0.2) is 35.2 Å². The Morgan fingerprint density at radius 1 is 1.07 bits per heavy atom. The highest BCUT2D eigenvalue weighted by Gasteiger charge is 2.20. The van der Waals surface area contributed by atoms with Gasteiger partial charge in [0.15, 0.2) is 0 Å². The minimum Gasteiger partial charge on any atom is -0.326 e. The van der Waals surface area contributed by atoms with E-state index in [0.29, 0.717) is 24.2 Å². The Morgan fingerprint density at radius 2 is 1.75 bits per heavy atom. The Labute approximate surface area is 164 Å². The predicted octanol–water partition coefficient (Wildman–Crippen LogP) is 2.41. The number of carbonyl (C=O) groups excluding carboxylic acids is 2. The van der Waals surface area contributed by atoms with Crippen molar-refractivity contribution < 1.29 is 18.0 Å². The average molecular weight is 401 g/mol. The van der Waals surface area contributed by atoms with Crippen molar-refractivity contribution in [2.45, 2.75) is 38.5 Å². The van der Waals surface area contributed by atoms with E-state index >= 15 is 0 Å². The van der Waals surface area contributed by atoms with E-state index in [1.165, 1.54) is 12.1 Å². The van der Waals surface area contributed by atoms with E-state index in [-0.39, 0.29) is 17.3 Å². The largest absolute Gasteiger partial charge is 0.326 e. The minimum atomic E-state index is -3.85. The molecule has 3 rings (SSSR count). The van der Waals surface area contributed by atoms with Gasteiger partial charge in [0, 0.05) is 17.8 Å². The van der Waals surface area contributed by atoms with Crippen molar-refractivity contribution in [2.24, 2.45) is 0 Å². The van der Waals surface area contributed by atoms with Crippen molar-refractivity contribution in [1.29, 1.82) is 0 Å². The molecular formula is C20H23N3O4S. The summed E-state index contributed by atoms with van der Waals surface area (Å²) >= 11 is 0. The molecule has 7 nitrogen and oxygen atoms in total. The number of anilines is 2. The molecule has 8 heteroatoms. The molecule has 0 radical (unpaired) electrons. The number of hydrogen-bond donors (Lipinski definition) is 3. The van der Waals surface area contributed by atoms with Gasteiger partial charge in [-0.2, -0.15) is 0 Å². The molecule has 2 amide bonds. The second-order valence-corrected chi connectivity index (χ2v) is 8.78. The zero-order valence-corrected chi connectivity index (χ0v) is 16.9. The number of fused-ring (bicyclic) bond motifs is 1. The van der Waals surface area contributed by atoms with Crippen LogP contribution >= 0.6 is 0 Å². The summed E-state index contributed by atoms with van der Waals surface area (Å²) in [7, 11) is -3.85. The SMILES string of the molecule is Cc1cc(C)c(NC(=O)CNS(=O)(=O)c2ccc3c(c2)CCC(=O)N3)c(C)c1. The van der Waals surface area contributed by atoms with Gasteiger partial charge in [-0.1, -0.05) is 17.7 Å². The Balaban J connectivity index is 1.68. The van der Waals surface area contributed by atoms with E-state index in [1.54, 1.807) is 6.07 Å². The molecule has 0 aromatic heterocycles. The lowest BCUT2D eigenvalue weighted by atomic mass is 10.0. The smallest absolute Gasteiger partial charge is 0.241 e. The summed E-state index contributed by atoms with van der Waals surface area (Å²) < 4.78 is 27.4. The van der Waals surface area contributed by atoms with Crippen molar-refractivity contribution in [2.75, 3.05) is 17.2 Å². The first-order chi connectivity index (χ1) is 13.2. The summed E-state index contributed by atoms with van der Waals surface area (Å²) in [5.74, 6) is -0.525. The maximum absolute atomic E-state index is 12.5. The van der Waals surface area contributed by atoms with Crippen molar-refractivity contribution in [3.8, 4) is 0 Å². The average Bonchev–Trinajstić information content (AvgIpc) is 2.62. The molecule has 1 aliphatic heterocycles. The molecule has 1 aliphatic rings. The van der Waals surface area contributed by atoms with Crippen LogP contribution in [0.1, 0.15) is 28.7 Å². The van der Waals surface area contributed by atoms with Crippen LogP contribution in [0.3, 0.4) is 0 Å². The van der Waals surface area contributed by atoms with Crippen molar-refractivity contribution in [1.82, 2.24) is 4.72 Å². The van der Waals surface area contributed by atoms with Gasteiger partial charge in [0.25, 0.3) is 0 Å². The molecular weight excluding hydrogens is 378 g/mol. The van der Waals surface area contributed by atoms with E-state index in [4.69, 9.17) is 0 Å². The fraction of sp³-hybridized carbons (Fsp3) is 0.300. The van der Waals surface area contributed by atoms with Crippen LogP contribution in [-0.4, -0.2) is 26.8 Å². The zero-order valence-electron chi connectivity index (χ0n) is 16.0. The molecule has 0 saturated carbocycles. The molecule has 2 aromatic rings. The molecule has 1 heterocycles. The third-order valence-corrected chi connectivity index (χ3v) is 6.05. The summed E-state index contributed by atoms with van der Waals surface area (Å²) in [6, 6.07) is 8.43. The molecule has 0 atom stereocenters. The lowest BCUT2D eigenvalue weighted by Gasteiger charge is -2.17.